The van der Waals surface area contributed by atoms with Gasteiger partial charge in [0.15, 0.2) is 6.61 Å². The van der Waals surface area contributed by atoms with Gasteiger partial charge in [-0.2, -0.15) is 0 Å². The zero-order valence-electron chi connectivity index (χ0n) is 17.6. The summed E-state index contributed by atoms with van der Waals surface area (Å²) in [5.41, 5.74) is 2.87. The number of aryl methyl sites for hydroxylation is 1. The number of ether oxygens (including phenoxy) is 2. The van der Waals surface area contributed by atoms with Crippen molar-refractivity contribution in [1.29, 1.82) is 0 Å². The third-order valence-corrected chi connectivity index (χ3v) is 5.29. The lowest BCUT2D eigenvalue weighted by molar-refractivity contribution is -0.921. The Hall–Kier alpha value is -2.70. The van der Waals surface area contributed by atoms with Crippen LogP contribution >= 0.6 is 0 Å². The van der Waals surface area contributed by atoms with Gasteiger partial charge in [0.05, 0.1) is 18.8 Å². The third kappa shape index (κ3) is 7.28. The minimum atomic E-state index is -0.479. The molecule has 1 amide bonds. The van der Waals surface area contributed by atoms with E-state index in [1.165, 1.54) is 16.0 Å². The van der Waals surface area contributed by atoms with E-state index in [1.807, 2.05) is 37.3 Å². The van der Waals surface area contributed by atoms with Gasteiger partial charge in [0, 0.05) is 11.6 Å². The monoisotopic (exact) mass is 411 g/mol. The summed E-state index contributed by atoms with van der Waals surface area (Å²) in [6, 6.07) is 17.6. The van der Waals surface area contributed by atoms with Crippen molar-refractivity contribution in [2.75, 3.05) is 32.9 Å². The average Bonchev–Trinajstić information content (AvgIpc) is 2.78. The molecule has 6 heteroatoms. The minimum Gasteiger partial charge on any atom is -0.452 e. The van der Waals surface area contributed by atoms with Crippen molar-refractivity contribution in [2.24, 2.45) is 0 Å². The number of amides is 1. The maximum Gasteiger partial charge on any atom is 0.338 e. The van der Waals surface area contributed by atoms with Crippen LogP contribution in [-0.2, 0) is 27.2 Å². The molecule has 1 atom stereocenters. The molecule has 2 N–H and O–H groups in total. The predicted molar refractivity (Wildman–Crippen MR) is 114 cm³/mol. The van der Waals surface area contributed by atoms with Gasteiger partial charge in [0.2, 0.25) is 0 Å². The van der Waals surface area contributed by atoms with Crippen LogP contribution in [0.4, 0.5) is 0 Å². The highest BCUT2D eigenvalue weighted by molar-refractivity contribution is 5.91. The molecule has 1 aliphatic rings. The fourth-order valence-corrected chi connectivity index (χ4v) is 3.52. The summed E-state index contributed by atoms with van der Waals surface area (Å²) in [4.78, 5) is 25.8. The quantitative estimate of drug-likeness (QED) is 0.612. The summed E-state index contributed by atoms with van der Waals surface area (Å²) < 4.78 is 10.5. The summed E-state index contributed by atoms with van der Waals surface area (Å²) in [7, 11) is 0. The van der Waals surface area contributed by atoms with Gasteiger partial charge in [-0.25, -0.2) is 4.79 Å². The number of benzene rings is 2. The van der Waals surface area contributed by atoms with E-state index in [9.17, 15) is 9.59 Å². The van der Waals surface area contributed by atoms with Gasteiger partial charge >= 0.3 is 5.97 Å². The number of esters is 1. The molecule has 0 spiro atoms. The van der Waals surface area contributed by atoms with Crippen LogP contribution in [0, 0.1) is 0 Å². The topological polar surface area (TPSA) is 69.1 Å². The number of rotatable bonds is 9. The van der Waals surface area contributed by atoms with E-state index in [0.29, 0.717) is 5.56 Å². The Morgan fingerprint density at radius 3 is 2.43 bits per heavy atom. The van der Waals surface area contributed by atoms with Gasteiger partial charge < -0.3 is 19.7 Å². The molecule has 6 nitrogen and oxygen atoms in total. The number of carbonyl (C=O) groups excluding carboxylic acids is 2. The van der Waals surface area contributed by atoms with Crippen molar-refractivity contribution < 1.29 is 24.0 Å². The van der Waals surface area contributed by atoms with E-state index in [-0.39, 0.29) is 18.6 Å². The Labute approximate surface area is 178 Å². The molecule has 30 heavy (non-hydrogen) atoms. The van der Waals surface area contributed by atoms with Crippen LogP contribution in [-0.4, -0.2) is 50.8 Å². The van der Waals surface area contributed by atoms with Crippen LogP contribution in [0.15, 0.2) is 54.6 Å². The Morgan fingerprint density at radius 2 is 1.73 bits per heavy atom. The fraction of sp³-hybridized carbons (Fsp3) is 0.417. The molecule has 0 unspecified atom stereocenters. The predicted octanol–water partition coefficient (Wildman–Crippen LogP) is 1.40. The molecule has 3 rings (SSSR count). The van der Waals surface area contributed by atoms with Crippen LogP contribution in [0.3, 0.4) is 0 Å². The van der Waals surface area contributed by atoms with Gasteiger partial charge in [-0.05, 0) is 37.5 Å². The van der Waals surface area contributed by atoms with Crippen LogP contribution in [0.25, 0.3) is 0 Å². The zero-order chi connectivity index (χ0) is 21.2. The summed E-state index contributed by atoms with van der Waals surface area (Å²) in [6.07, 6.45) is 1.72. The maximum absolute atomic E-state index is 12.2. The summed E-state index contributed by atoms with van der Waals surface area (Å²) in [5, 5.41) is 2.88. The lowest BCUT2D eigenvalue weighted by Gasteiger charge is -2.23. The first-order chi connectivity index (χ1) is 14.6. The molecule has 160 valence electrons. The highest BCUT2D eigenvalue weighted by Crippen LogP contribution is 2.07. The lowest BCUT2D eigenvalue weighted by atomic mass is 10.1. The Balaban J connectivity index is 1.37. The summed E-state index contributed by atoms with van der Waals surface area (Å²) in [5.74, 6) is -0.760. The number of morpholine rings is 1. The molecule has 2 aromatic carbocycles. The Kier molecular flexibility index (Phi) is 8.41. The van der Waals surface area contributed by atoms with E-state index in [1.54, 1.807) is 12.1 Å². The number of carbonyl (C=O) groups is 2. The number of nitrogens with one attached hydrogen (secondary N) is 2. The number of hydrogen-bond acceptors (Lipinski definition) is 4. The Bertz CT molecular complexity index is 802. The zero-order valence-corrected chi connectivity index (χ0v) is 17.6. The smallest absolute Gasteiger partial charge is 0.338 e. The molecule has 1 saturated heterocycles. The van der Waals surface area contributed by atoms with Crippen molar-refractivity contribution >= 4 is 11.9 Å². The van der Waals surface area contributed by atoms with Crippen molar-refractivity contribution in [3.63, 3.8) is 0 Å². The average molecular weight is 412 g/mol. The highest BCUT2D eigenvalue weighted by atomic mass is 16.5. The van der Waals surface area contributed by atoms with Crippen molar-refractivity contribution in [3.05, 3.63) is 71.3 Å². The molecular formula is C24H31N2O4+. The van der Waals surface area contributed by atoms with Gasteiger partial charge in [-0.15, -0.1) is 0 Å². The van der Waals surface area contributed by atoms with Crippen molar-refractivity contribution in [2.45, 2.75) is 32.4 Å². The second-order valence-corrected chi connectivity index (χ2v) is 7.81. The molecule has 1 heterocycles. The van der Waals surface area contributed by atoms with Crippen molar-refractivity contribution in [1.82, 2.24) is 5.32 Å². The lowest BCUT2D eigenvalue weighted by Crippen LogP contribution is -3.12. The van der Waals surface area contributed by atoms with Gasteiger partial charge in [-0.3, -0.25) is 4.79 Å². The van der Waals surface area contributed by atoms with Crippen LogP contribution in [0.1, 0.15) is 34.8 Å². The second-order valence-electron chi connectivity index (χ2n) is 7.81. The minimum absolute atomic E-state index is 0.0124. The molecule has 2 aromatic rings. The summed E-state index contributed by atoms with van der Waals surface area (Å²) in [6.45, 7) is 6.21. The summed E-state index contributed by atoms with van der Waals surface area (Å²) >= 11 is 0. The first kappa shape index (κ1) is 22.0. The van der Waals surface area contributed by atoms with Crippen LogP contribution in [0.5, 0.6) is 0 Å². The number of hydrogen-bond donors (Lipinski definition) is 2. The molecule has 0 aromatic heterocycles. The van der Waals surface area contributed by atoms with Gasteiger partial charge in [0.25, 0.3) is 5.91 Å². The van der Waals surface area contributed by atoms with Gasteiger partial charge in [0.1, 0.15) is 19.6 Å². The molecular weight excluding hydrogens is 380 g/mol. The molecule has 0 radical (unpaired) electrons. The third-order valence-electron chi connectivity index (χ3n) is 5.29. The van der Waals surface area contributed by atoms with Crippen LogP contribution < -0.4 is 10.2 Å². The normalized spacial score (nSPS) is 15.4. The van der Waals surface area contributed by atoms with E-state index in [0.717, 1.165) is 45.7 Å². The molecule has 1 aliphatic heterocycles. The van der Waals surface area contributed by atoms with E-state index >= 15 is 0 Å². The van der Waals surface area contributed by atoms with Crippen LogP contribution in [0.2, 0.25) is 0 Å². The van der Waals surface area contributed by atoms with E-state index in [2.05, 4.69) is 17.4 Å². The molecule has 0 bridgehead atoms. The first-order valence-corrected chi connectivity index (χ1v) is 10.6. The first-order valence-electron chi connectivity index (χ1n) is 10.6. The molecule has 1 fully saturated rings. The van der Waals surface area contributed by atoms with E-state index in [4.69, 9.17) is 9.47 Å². The molecule has 0 aliphatic carbocycles. The van der Waals surface area contributed by atoms with Crippen molar-refractivity contribution in [3.8, 4) is 0 Å². The number of quaternary nitrogens is 1. The second kappa shape index (κ2) is 11.5. The SMILES string of the molecule is C[C@H](CCc1ccccc1)NC(=O)COC(=O)c1ccc(C[NH+]2CCOCC2)cc1. The fourth-order valence-electron chi connectivity index (χ4n) is 3.52. The maximum atomic E-state index is 12.2. The van der Waals surface area contributed by atoms with Gasteiger partial charge in [-0.1, -0.05) is 42.5 Å². The van der Waals surface area contributed by atoms with E-state index < -0.39 is 5.97 Å². The Morgan fingerprint density at radius 1 is 1.03 bits per heavy atom. The highest BCUT2D eigenvalue weighted by Gasteiger charge is 2.15. The largest absolute Gasteiger partial charge is 0.452 e. The standard InChI is InChI=1S/C24H30N2O4/c1-19(7-8-20-5-3-2-4-6-20)25-23(27)18-30-24(28)22-11-9-21(10-12-22)17-26-13-15-29-16-14-26/h2-6,9-12,19H,7-8,13-18H2,1H3,(H,25,27)/p+1/t19-/m1/s1. The molecule has 0 saturated carbocycles.